The highest BCUT2D eigenvalue weighted by atomic mass is 35.5. The maximum Gasteiger partial charge on any atom is 0.204 e. The predicted octanol–water partition coefficient (Wildman–Crippen LogP) is 2.47. The molecule has 0 spiro atoms. The number of benzene rings is 1. The molecule has 0 aromatic heterocycles. The molecule has 0 saturated heterocycles. The van der Waals surface area contributed by atoms with Crippen molar-refractivity contribution in [1.29, 1.82) is 0 Å². The number of rotatable bonds is 3. The third-order valence-electron chi connectivity index (χ3n) is 2.93. The van der Waals surface area contributed by atoms with Crippen LogP contribution in [0.3, 0.4) is 0 Å². The first-order valence-corrected chi connectivity index (χ1v) is 7.24. The molecule has 1 aliphatic heterocycles. The maximum absolute atomic E-state index is 12.3. The van der Waals surface area contributed by atoms with Gasteiger partial charge < -0.3 is 5.32 Å². The van der Waals surface area contributed by atoms with Gasteiger partial charge in [0, 0.05) is 6.04 Å². The Labute approximate surface area is 106 Å². The molecule has 0 aliphatic carbocycles. The normalized spacial score (nSPS) is 18.6. The van der Waals surface area contributed by atoms with Gasteiger partial charge in [0.05, 0.1) is 14.8 Å². The van der Waals surface area contributed by atoms with Crippen molar-refractivity contribution in [2.24, 2.45) is 0 Å². The summed E-state index contributed by atoms with van der Waals surface area (Å²) in [5, 5.41) is 3.33. The topological polar surface area (TPSA) is 46.2 Å². The Balaban J connectivity index is 2.47. The van der Waals surface area contributed by atoms with Crippen molar-refractivity contribution in [1.82, 2.24) is 5.32 Å². The van der Waals surface area contributed by atoms with Crippen LogP contribution in [-0.4, -0.2) is 21.5 Å². The van der Waals surface area contributed by atoms with Crippen LogP contribution in [0.1, 0.15) is 18.9 Å². The van der Waals surface area contributed by atoms with Crippen LogP contribution in [0, 0.1) is 0 Å². The lowest BCUT2D eigenvalue weighted by atomic mass is 10.1. The number of hydrogen-bond donors (Lipinski definition) is 1. The van der Waals surface area contributed by atoms with E-state index in [2.05, 4.69) is 5.32 Å². The summed E-state index contributed by atoms with van der Waals surface area (Å²) in [6.07, 6.45) is 2.19. The van der Waals surface area contributed by atoms with Crippen molar-refractivity contribution in [2.45, 2.75) is 24.3 Å². The highest BCUT2D eigenvalue weighted by Gasteiger charge is 2.32. The lowest BCUT2D eigenvalue weighted by molar-refractivity contribution is 0.586. The van der Waals surface area contributed by atoms with Crippen molar-refractivity contribution >= 4 is 27.5 Å². The molecule has 1 atom stereocenters. The number of hydrogen-bond acceptors (Lipinski definition) is 3. The van der Waals surface area contributed by atoms with Gasteiger partial charge in [-0.05, 0) is 38.1 Å². The van der Waals surface area contributed by atoms with E-state index >= 15 is 0 Å². The van der Waals surface area contributed by atoms with Gasteiger partial charge in [0.1, 0.15) is 0 Å². The summed E-state index contributed by atoms with van der Waals surface area (Å²) >= 11 is 5.96. The van der Waals surface area contributed by atoms with Crippen molar-refractivity contribution < 1.29 is 8.42 Å². The third-order valence-corrected chi connectivity index (χ3v) is 5.32. The Hall–Kier alpha value is -0.840. The maximum atomic E-state index is 12.3. The van der Waals surface area contributed by atoms with Gasteiger partial charge in [-0.3, -0.25) is 0 Å². The van der Waals surface area contributed by atoms with E-state index in [9.17, 15) is 8.42 Å². The molecule has 0 radical (unpaired) electrons. The monoisotopic (exact) mass is 271 g/mol. The fourth-order valence-corrected chi connectivity index (χ4v) is 4.14. The Bertz CT molecular complexity index is 578. The zero-order chi connectivity index (χ0) is 12.6. The lowest BCUT2D eigenvalue weighted by Gasteiger charge is -2.10. The molecule has 92 valence electrons. The van der Waals surface area contributed by atoms with Crippen LogP contribution in [0.4, 0.5) is 0 Å². The standard InChI is InChI=1S/C12H14ClNO2S/c1-8(14-2)6-10-7-9-4-3-5-11(13)12(9)17(10,15)16/h3-5,7-8,14H,6H2,1-2H3. The van der Waals surface area contributed by atoms with Crippen LogP contribution in [0.25, 0.3) is 6.08 Å². The van der Waals surface area contributed by atoms with E-state index < -0.39 is 9.84 Å². The minimum Gasteiger partial charge on any atom is -0.317 e. The average Bonchev–Trinajstić information content (AvgIpc) is 2.51. The summed E-state index contributed by atoms with van der Waals surface area (Å²) < 4.78 is 24.6. The zero-order valence-corrected chi connectivity index (χ0v) is 11.3. The largest absolute Gasteiger partial charge is 0.317 e. The lowest BCUT2D eigenvalue weighted by Crippen LogP contribution is -2.22. The molecule has 1 unspecified atom stereocenters. The molecular formula is C12H14ClNO2S. The highest BCUT2D eigenvalue weighted by molar-refractivity contribution is 7.96. The smallest absolute Gasteiger partial charge is 0.204 e. The molecule has 3 nitrogen and oxygen atoms in total. The second-order valence-corrected chi connectivity index (χ2v) is 6.51. The van der Waals surface area contributed by atoms with Crippen LogP contribution in [0.2, 0.25) is 5.02 Å². The van der Waals surface area contributed by atoms with E-state index in [-0.39, 0.29) is 10.9 Å². The molecule has 1 heterocycles. The molecule has 0 amide bonds. The van der Waals surface area contributed by atoms with Gasteiger partial charge in [-0.15, -0.1) is 0 Å². The molecule has 0 saturated carbocycles. The summed E-state index contributed by atoms with van der Waals surface area (Å²) in [5.41, 5.74) is 0.691. The van der Waals surface area contributed by atoms with Gasteiger partial charge >= 0.3 is 0 Å². The molecule has 1 N–H and O–H groups in total. The Kier molecular flexibility index (Phi) is 3.30. The van der Waals surface area contributed by atoms with Crippen LogP contribution in [-0.2, 0) is 9.84 Å². The van der Waals surface area contributed by atoms with Crippen LogP contribution in [0.15, 0.2) is 28.0 Å². The van der Waals surface area contributed by atoms with E-state index in [0.717, 1.165) is 0 Å². The molecule has 0 fully saturated rings. The van der Waals surface area contributed by atoms with E-state index in [0.29, 0.717) is 21.9 Å². The number of fused-ring (bicyclic) bond motifs is 1. The van der Waals surface area contributed by atoms with Crippen LogP contribution < -0.4 is 5.32 Å². The molecule has 1 aliphatic rings. The molecule has 1 aromatic rings. The summed E-state index contributed by atoms with van der Waals surface area (Å²) in [7, 11) is -1.58. The fraction of sp³-hybridized carbons (Fsp3) is 0.333. The Morgan fingerprint density at radius 3 is 2.71 bits per heavy atom. The first-order valence-electron chi connectivity index (χ1n) is 5.38. The van der Waals surface area contributed by atoms with Gasteiger partial charge in [0.25, 0.3) is 0 Å². The van der Waals surface area contributed by atoms with Gasteiger partial charge in [0.15, 0.2) is 0 Å². The minimum absolute atomic E-state index is 0.115. The molecule has 2 rings (SSSR count). The third kappa shape index (κ3) is 2.12. The van der Waals surface area contributed by atoms with Crippen LogP contribution in [0.5, 0.6) is 0 Å². The fourth-order valence-electron chi connectivity index (χ4n) is 1.88. The van der Waals surface area contributed by atoms with Gasteiger partial charge in [-0.1, -0.05) is 23.7 Å². The van der Waals surface area contributed by atoms with E-state index in [1.165, 1.54) is 0 Å². The Morgan fingerprint density at radius 1 is 1.41 bits per heavy atom. The Morgan fingerprint density at radius 2 is 2.12 bits per heavy atom. The van der Waals surface area contributed by atoms with E-state index in [1.54, 1.807) is 24.3 Å². The molecule has 17 heavy (non-hydrogen) atoms. The van der Waals surface area contributed by atoms with Crippen molar-refractivity contribution in [3.05, 3.63) is 33.7 Å². The second kappa shape index (κ2) is 4.44. The predicted molar refractivity (Wildman–Crippen MR) is 69.8 cm³/mol. The van der Waals surface area contributed by atoms with Gasteiger partial charge in [0.2, 0.25) is 9.84 Å². The quantitative estimate of drug-likeness (QED) is 0.919. The molecule has 0 bridgehead atoms. The van der Waals surface area contributed by atoms with Gasteiger partial charge in [-0.2, -0.15) is 0 Å². The second-order valence-electron chi connectivity index (χ2n) is 4.17. The molecular weight excluding hydrogens is 258 g/mol. The SMILES string of the molecule is CNC(C)CC1=Cc2cccc(Cl)c2S1(=O)=O. The first kappa shape index (κ1) is 12.6. The average molecular weight is 272 g/mol. The number of nitrogens with one attached hydrogen (secondary N) is 1. The first-order chi connectivity index (χ1) is 7.96. The van der Waals surface area contributed by atoms with Crippen molar-refractivity contribution in [2.75, 3.05) is 7.05 Å². The zero-order valence-electron chi connectivity index (χ0n) is 9.70. The molecule has 5 heteroatoms. The number of sulfone groups is 1. The van der Waals surface area contributed by atoms with E-state index in [1.807, 2.05) is 14.0 Å². The summed E-state index contributed by atoms with van der Waals surface area (Å²) in [4.78, 5) is 0.683. The minimum atomic E-state index is -3.39. The number of halogens is 1. The van der Waals surface area contributed by atoms with Crippen molar-refractivity contribution in [3.63, 3.8) is 0 Å². The van der Waals surface area contributed by atoms with Crippen LogP contribution >= 0.6 is 11.6 Å². The highest BCUT2D eigenvalue weighted by Crippen LogP contribution is 2.39. The van der Waals surface area contributed by atoms with E-state index in [4.69, 9.17) is 11.6 Å². The van der Waals surface area contributed by atoms with Crippen molar-refractivity contribution in [3.8, 4) is 0 Å². The molecule has 1 aromatic carbocycles. The summed E-state index contributed by atoms with van der Waals surface area (Å²) in [6, 6.07) is 5.26. The summed E-state index contributed by atoms with van der Waals surface area (Å²) in [6.45, 7) is 1.95. The van der Waals surface area contributed by atoms with Gasteiger partial charge in [-0.25, -0.2) is 8.42 Å². The summed E-state index contributed by atoms with van der Waals surface area (Å²) in [5.74, 6) is 0.